The lowest BCUT2D eigenvalue weighted by atomic mass is 9.83. The third kappa shape index (κ3) is 3.04. The number of hydrogen-bond acceptors (Lipinski definition) is 2. The van der Waals surface area contributed by atoms with Crippen LogP contribution < -0.4 is 11.1 Å². The van der Waals surface area contributed by atoms with Gasteiger partial charge in [0.1, 0.15) is 0 Å². The Bertz CT molecular complexity index is 454. The zero-order valence-electron chi connectivity index (χ0n) is 11.2. The zero-order valence-corrected chi connectivity index (χ0v) is 11.2. The minimum absolute atomic E-state index is 0.0722. The molecule has 0 heterocycles. The van der Waals surface area contributed by atoms with Gasteiger partial charge in [-0.1, -0.05) is 25.0 Å². The van der Waals surface area contributed by atoms with E-state index in [0.29, 0.717) is 5.69 Å². The maximum atomic E-state index is 12.2. The number of terminal acetylenes is 1. The van der Waals surface area contributed by atoms with E-state index in [4.69, 9.17) is 12.2 Å². The molecule has 0 spiro atoms. The molecule has 18 heavy (non-hydrogen) atoms. The fraction of sp³-hybridized carbons (Fsp3) is 0.400. The van der Waals surface area contributed by atoms with Crippen molar-refractivity contribution in [1.29, 1.82) is 0 Å². The maximum absolute atomic E-state index is 12.2. The Morgan fingerprint density at radius 2 is 2.00 bits per heavy atom. The van der Waals surface area contributed by atoms with Crippen LogP contribution in [-0.2, 0) is 10.2 Å². The van der Waals surface area contributed by atoms with Crippen molar-refractivity contribution < 1.29 is 4.79 Å². The summed E-state index contributed by atoms with van der Waals surface area (Å²) < 4.78 is 0. The second-order valence-electron chi connectivity index (χ2n) is 4.85. The first-order valence-corrected chi connectivity index (χ1v) is 6.05. The fourth-order valence-electron chi connectivity index (χ4n) is 1.63. The Balaban J connectivity index is 2.89. The first-order chi connectivity index (χ1) is 8.41. The van der Waals surface area contributed by atoms with E-state index in [2.05, 4.69) is 11.2 Å². The second-order valence-corrected chi connectivity index (χ2v) is 4.85. The molecule has 1 amide bonds. The van der Waals surface area contributed by atoms with E-state index in [1.807, 2.05) is 32.9 Å². The molecule has 0 aromatic heterocycles. The van der Waals surface area contributed by atoms with Crippen LogP contribution in [0.25, 0.3) is 0 Å². The number of hydrogen-bond donors (Lipinski definition) is 2. The molecule has 0 radical (unpaired) electrons. The number of rotatable bonds is 4. The van der Waals surface area contributed by atoms with E-state index in [1.54, 1.807) is 12.1 Å². The van der Waals surface area contributed by atoms with Crippen molar-refractivity contribution in [3.63, 3.8) is 0 Å². The summed E-state index contributed by atoms with van der Waals surface area (Å²) in [5.41, 5.74) is 6.62. The first-order valence-electron chi connectivity index (χ1n) is 6.05. The van der Waals surface area contributed by atoms with Gasteiger partial charge in [0.25, 0.3) is 0 Å². The predicted octanol–water partition coefficient (Wildman–Crippen LogP) is 2.07. The summed E-state index contributed by atoms with van der Waals surface area (Å²) in [6.07, 6.45) is 6.07. The molecule has 1 aromatic carbocycles. The summed E-state index contributed by atoms with van der Waals surface area (Å²) in [5.74, 6) is 2.49. The van der Waals surface area contributed by atoms with Gasteiger partial charge < -0.3 is 11.1 Å². The van der Waals surface area contributed by atoms with E-state index in [1.165, 1.54) is 0 Å². The van der Waals surface area contributed by atoms with Gasteiger partial charge in [-0.05, 0) is 38.0 Å². The molecule has 0 aliphatic carbocycles. The molecule has 0 aliphatic rings. The highest BCUT2D eigenvalue weighted by Gasteiger charge is 2.30. The summed E-state index contributed by atoms with van der Waals surface area (Å²) >= 11 is 0. The molecule has 0 aliphatic heterocycles. The number of benzene rings is 1. The Morgan fingerprint density at radius 1 is 1.44 bits per heavy atom. The molecule has 0 saturated carbocycles. The second kappa shape index (κ2) is 5.59. The molecule has 1 unspecified atom stereocenters. The van der Waals surface area contributed by atoms with Gasteiger partial charge in [-0.3, -0.25) is 4.79 Å². The number of nitrogens with one attached hydrogen (secondary N) is 1. The highest BCUT2D eigenvalue weighted by Crippen LogP contribution is 2.24. The number of carbonyl (C=O) groups is 1. The lowest BCUT2D eigenvalue weighted by Gasteiger charge is -2.26. The van der Waals surface area contributed by atoms with Crippen molar-refractivity contribution in [2.24, 2.45) is 0 Å². The van der Waals surface area contributed by atoms with Crippen molar-refractivity contribution in [1.82, 2.24) is 5.32 Å². The fourth-order valence-corrected chi connectivity index (χ4v) is 1.63. The van der Waals surface area contributed by atoms with Crippen molar-refractivity contribution in [3.8, 4) is 12.3 Å². The lowest BCUT2D eigenvalue weighted by Crippen LogP contribution is -2.44. The smallest absolute Gasteiger partial charge is 0.231 e. The number of anilines is 1. The standard InChI is InChI=1S/C15H20N2O/c1-5-13(6-2)17-14(18)15(3,4)11-7-9-12(16)10-8-11/h1,7-10,13H,6,16H2,2-4H3,(H,17,18). The highest BCUT2D eigenvalue weighted by molar-refractivity contribution is 5.87. The van der Waals surface area contributed by atoms with Gasteiger partial charge in [-0.25, -0.2) is 0 Å². The number of nitrogen functional groups attached to an aromatic ring is 1. The van der Waals surface area contributed by atoms with Crippen molar-refractivity contribution in [2.75, 3.05) is 5.73 Å². The third-order valence-corrected chi connectivity index (χ3v) is 3.11. The van der Waals surface area contributed by atoms with Crippen LogP contribution in [0.3, 0.4) is 0 Å². The lowest BCUT2D eigenvalue weighted by molar-refractivity contribution is -0.126. The molecule has 96 valence electrons. The van der Waals surface area contributed by atoms with Crippen molar-refractivity contribution >= 4 is 11.6 Å². The van der Waals surface area contributed by atoms with E-state index in [-0.39, 0.29) is 11.9 Å². The third-order valence-electron chi connectivity index (χ3n) is 3.11. The van der Waals surface area contributed by atoms with Gasteiger partial charge >= 0.3 is 0 Å². The summed E-state index contributed by atoms with van der Waals surface area (Å²) in [5, 5.41) is 2.86. The van der Waals surface area contributed by atoms with Crippen LogP contribution in [0.5, 0.6) is 0 Å². The SMILES string of the molecule is C#CC(CC)NC(=O)C(C)(C)c1ccc(N)cc1. The maximum Gasteiger partial charge on any atom is 0.231 e. The van der Waals surface area contributed by atoms with Crippen LogP contribution in [0.4, 0.5) is 5.69 Å². The van der Waals surface area contributed by atoms with Gasteiger partial charge in [0, 0.05) is 5.69 Å². The summed E-state index contributed by atoms with van der Waals surface area (Å²) in [6, 6.07) is 7.11. The Morgan fingerprint density at radius 3 is 2.44 bits per heavy atom. The van der Waals surface area contributed by atoms with Gasteiger partial charge in [-0.15, -0.1) is 6.42 Å². The van der Waals surface area contributed by atoms with Crippen LogP contribution in [0, 0.1) is 12.3 Å². The molecule has 0 fully saturated rings. The van der Waals surface area contributed by atoms with Gasteiger partial charge in [0.05, 0.1) is 11.5 Å². The van der Waals surface area contributed by atoms with Crippen LogP contribution in [0.1, 0.15) is 32.8 Å². The van der Waals surface area contributed by atoms with Crippen molar-refractivity contribution in [2.45, 2.75) is 38.6 Å². The quantitative estimate of drug-likeness (QED) is 0.629. The molecular formula is C15H20N2O. The monoisotopic (exact) mass is 244 g/mol. The van der Waals surface area contributed by atoms with Crippen LogP contribution in [0.2, 0.25) is 0 Å². The molecule has 1 rings (SSSR count). The van der Waals surface area contributed by atoms with Gasteiger partial charge in [-0.2, -0.15) is 0 Å². The summed E-state index contributed by atoms with van der Waals surface area (Å²) in [4.78, 5) is 12.2. The molecule has 3 nitrogen and oxygen atoms in total. The molecule has 3 heteroatoms. The van der Waals surface area contributed by atoms with Gasteiger partial charge in [0.15, 0.2) is 0 Å². The van der Waals surface area contributed by atoms with Gasteiger partial charge in [0.2, 0.25) is 5.91 Å². The molecule has 1 atom stereocenters. The number of nitrogens with two attached hydrogens (primary N) is 1. The normalized spacial score (nSPS) is 12.6. The Labute approximate surface area is 109 Å². The van der Waals surface area contributed by atoms with E-state index in [0.717, 1.165) is 12.0 Å². The summed E-state index contributed by atoms with van der Waals surface area (Å²) in [7, 11) is 0. The number of carbonyl (C=O) groups excluding carboxylic acids is 1. The largest absolute Gasteiger partial charge is 0.399 e. The molecule has 3 N–H and O–H groups in total. The van der Waals surface area contributed by atoms with Crippen LogP contribution in [0.15, 0.2) is 24.3 Å². The molecule has 1 aromatic rings. The summed E-state index contributed by atoms with van der Waals surface area (Å²) in [6.45, 7) is 5.69. The number of amides is 1. The average Bonchev–Trinajstić information content (AvgIpc) is 2.36. The topological polar surface area (TPSA) is 55.1 Å². The predicted molar refractivity (Wildman–Crippen MR) is 74.9 cm³/mol. The Hall–Kier alpha value is -1.95. The van der Waals surface area contributed by atoms with Crippen LogP contribution in [-0.4, -0.2) is 11.9 Å². The van der Waals surface area contributed by atoms with Crippen LogP contribution >= 0.6 is 0 Å². The van der Waals surface area contributed by atoms with Crippen molar-refractivity contribution in [3.05, 3.63) is 29.8 Å². The Kier molecular flexibility index (Phi) is 4.38. The van der Waals surface area contributed by atoms with E-state index in [9.17, 15) is 4.79 Å². The molecule has 0 saturated heterocycles. The minimum Gasteiger partial charge on any atom is -0.399 e. The zero-order chi connectivity index (χ0) is 13.8. The average molecular weight is 244 g/mol. The minimum atomic E-state index is -0.627. The first kappa shape index (κ1) is 14.1. The molecule has 0 bridgehead atoms. The van der Waals surface area contributed by atoms with E-state index >= 15 is 0 Å². The highest BCUT2D eigenvalue weighted by atomic mass is 16.2. The molecular weight excluding hydrogens is 224 g/mol. The van der Waals surface area contributed by atoms with E-state index < -0.39 is 5.41 Å².